The van der Waals surface area contributed by atoms with Crippen LogP contribution in [0.15, 0.2) is 18.2 Å². The summed E-state index contributed by atoms with van der Waals surface area (Å²) in [4.78, 5) is 0. The van der Waals surface area contributed by atoms with Crippen LogP contribution < -0.4 is 0 Å². The molecule has 0 aliphatic carbocycles. The first-order chi connectivity index (χ1) is 4.74. The number of hydrogen-bond acceptors (Lipinski definition) is 0. The quantitative estimate of drug-likeness (QED) is 0.559. The van der Waals surface area contributed by atoms with Crippen LogP contribution in [0.4, 0.5) is 4.39 Å². The van der Waals surface area contributed by atoms with Crippen molar-refractivity contribution in [3.8, 4) is 0 Å². The fourth-order valence-corrected chi connectivity index (χ4v) is 0.939. The van der Waals surface area contributed by atoms with Crippen LogP contribution in [-0.4, -0.2) is 0 Å². The van der Waals surface area contributed by atoms with Crippen molar-refractivity contribution in [1.29, 1.82) is 0 Å². The van der Waals surface area contributed by atoms with E-state index in [1.54, 1.807) is 6.07 Å². The Labute approximate surface area is 60.7 Å². The third kappa shape index (κ3) is 1.35. The Morgan fingerprint density at radius 2 is 2.10 bits per heavy atom. The number of hydrogen-bond donors (Lipinski definition) is 0. The number of rotatable bonds is 1. The minimum atomic E-state index is -0.0810. The first-order valence-electron chi connectivity index (χ1n) is 3.49. The Morgan fingerprint density at radius 3 is 2.60 bits per heavy atom. The van der Waals surface area contributed by atoms with Gasteiger partial charge in [0, 0.05) is 0 Å². The van der Waals surface area contributed by atoms with Crippen LogP contribution in [0.5, 0.6) is 0 Å². The van der Waals surface area contributed by atoms with Crippen molar-refractivity contribution >= 4 is 0 Å². The van der Waals surface area contributed by atoms with Crippen LogP contribution in [0, 0.1) is 12.7 Å². The molecule has 0 atom stereocenters. The maximum atomic E-state index is 12.9. The fraction of sp³-hybridized carbons (Fsp3) is 0.333. The summed E-state index contributed by atoms with van der Waals surface area (Å²) in [5, 5.41) is 0. The molecule has 0 aromatic heterocycles. The number of halogens is 1. The lowest BCUT2D eigenvalue weighted by Crippen LogP contribution is -1.86. The summed E-state index contributed by atoms with van der Waals surface area (Å²) >= 11 is 0. The Balaban J connectivity index is 3.07. The smallest absolute Gasteiger partial charge is 0.126 e. The van der Waals surface area contributed by atoms with Gasteiger partial charge in [0.1, 0.15) is 5.82 Å². The highest BCUT2D eigenvalue weighted by Crippen LogP contribution is 2.09. The molecule has 0 nitrogen and oxygen atoms in total. The standard InChI is InChI=1S/C9H11F/c1-3-8-5-4-7(2)6-9(8)10/h4-6H,3H2,1-2H3. The third-order valence-electron chi connectivity index (χ3n) is 1.59. The molecule has 0 spiro atoms. The molecular weight excluding hydrogens is 127 g/mol. The third-order valence-corrected chi connectivity index (χ3v) is 1.59. The topological polar surface area (TPSA) is 0 Å². The lowest BCUT2D eigenvalue weighted by molar-refractivity contribution is 0.611. The van der Waals surface area contributed by atoms with Gasteiger partial charge in [0.15, 0.2) is 0 Å². The highest BCUT2D eigenvalue weighted by Gasteiger charge is 1.97. The van der Waals surface area contributed by atoms with Gasteiger partial charge in [-0.3, -0.25) is 0 Å². The van der Waals surface area contributed by atoms with Crippen molar-refractivity contribution in [2.24, 2.45) is 0 Å². The summed E-state index contributed by atoms with van der Waals surface area (Å²) in [6, 6.07) is 5.34. The van der Waals surface area contributed by atoms with Gasteiger partial charge >= 0.3 is 0 Å². The summed E-state index contributed by atoms with van der Waals surface area (Å²) in [6.45, 7) is 3.84. The molecule has 1 aromatic rings. The first kappa shape index (κ1) is 7.26. The summed E-state index contributed by atoms with van der Waals surface area (Å²) in [5.41, 5.74) is 1.78. The van der Waals surface area contributed by atoms with Gasteiger partial charge in [-0.2, -0.15) is 0 Å². The summed E-state index contributed by atoms with van der Waals surface area (Å²) in [5.74, 6) is -0.0810. The SMILES string of the molecule is CCc1ccc(C)cc1F. The Hall–Kier alpha value is -0.850. The molecule has 0 aliphatic rings. The van der Waals surface area contributed by atoms with Gasteiger partial charge in [-0.25, -0.2) is 4.39 Å². The molecule has 0 bridgehead atoms. The maximum Gasteiger partial charge on any atom is 0.126 e. The van der Waals surface area contributed by atoms with Gasteiger partial charge in [0.2, 0.25) is 0 Å². The average molecular weight is 138 g/mol. The lowest BCUT2D eigenvalue weighted by Gasteiger charge is -1.98. The second-order valence-electron chi connectivity index (χ2n) is 2.45. The predicted octanol–water partition coefficient (Wildman–Crippen LogP) is 2.70. The zero-order chi connectivity index (χ0) is 7.56. The van der Waals surface area contributed by atoms with E-state index in [1.807, 2.05) is 26.0 Å². The molecule has 0 saturated heterocycles. The van der Waals surface area contributed by atoms with Crippen molar-refractivity contribution < 1.29 is 4.39 Å². The maximum absolute atomic E-state index is 12.9. The molecule has 10 heavy (non-hydrogen) atoms. The van der Waals surface area contributed by atoms with Crippen molar-refractivity contribution in [2.75, 3.05) is 0 Å². The van der Waals surface area contributed by atoms with E-state index in [1.165, 1.54) is 0 Å². The Kier molecular flexibility index (Phi) is 2.05. The summed E-state index contributed by atoms with van der Waals surface area (Å²) in [7, 11) is 0. The van der Waals surface area contributed by atoms with E-state index in [0.717, 1.165) is 17.5 Å². The van der Waals surface area contributed by atoms with Crippen LogP contribution in [0.3, 0.4) is 0 Å². The highest BCUT2D eigenvalue weighted by molar-refractivity contribution is 5.23. The average Bonchev–Trinajstić information content (AvgIpc) is 1.88. The first-order valence-corrected chi connectivity index (χ1v) is 3.49. The van der Waals surface area contributed by atoms with Gasteiger partial charge in [-0.1, -0.05) is 19.1 Å². The van der Waals surface area contributed by atoms with E-state index in [-0.39, 0.29) is 5.82 Å². The van der Waals surface area contributed by atoms with E-state index in [4.69, 9.17) is 0 Å². The van der Waals surface area contributed by atoms with E-state index in [9.17, 15) is 4.39 Å². The van der Waals surface area contributed by atoms with Crippen molar-refractivity contribution in [3.05, 3.63) is 35.1 Å². The Bertz CT molecular complexity index is 228. The summed E-state index contributed by atoms with van der Waals surface area (Å²) in [6.07, 6.45) is 0.770. The van der Waals surface area contributed by atoms with Crippen molar-refractivity contribution in [2.45, 2.75) is 20.3 Å². The normalized spacial score (nSPS) is 9.90. The molecule has 0 amide bonds. The molecule has 1 rings (SSSR count). The Morgan fingerprint density at radius 1 is 1.40 bits per heavy atom. The molecule has 0 N–H and O–H groups in total. The van der Waals surface area contributed by atoms with Gasteiger partial charge < -0.3 is 0 Å². The van der Waals surface area contributed by atoms with Crippen LogP contribution >= 0.6 is 0 Å². The second kappa shape index (κ2) is 2.82. The predicted molar refractivity (Wildman–Crippen MR) is 40.5 cm³/mol. The van der Waals surface area contributed by atoms with Crippen LogP contribution in [0.1, 0.15) is 18.1 Å². The monoisotopic (exact) mass is 138 g/mol. The van der Waals surface area contributed by atoms with Crippen LogP contribution in [-0.2, 0) is 6.42 Å². The molecule has 0 fully saturated rings. The molecule has 1 aromatic carbocycles. The largest absolute Gasteiger partial charge is 0.207 e. The molecule has 0 heterocycles. The molecule has 1 heteroatoms. The van der Waals surface area contributed by atoms with E-state index in [2.05, 4.69) is 0 Å². The molecule has 54 valence electrons. The van der Waals surface area contributed by atoms with Gasteiger partial charge in [0.25, 0.3) is 0 Å². The molecule has 0 saturated carbocycles. The zero-order valence-electron chi connectivity index (χ0n) is 6.32. The number of aryl methyl sites for hydroxylation is 2. The highest BCUT2D eigenvalue weighted by atomic mass is 19.1. The van der Waals surface area contributed by atoms with Gasteiger partial charge in [-0.05, 0) is 30.5 Å². The van der Waals surface area contributed by atoms with E-state index in [0.29, 0.717) is 0 Å². The van der Waals surface area contributed by atoms with Crippen LogP contribution in [0.25, 0.3) is 0 Å². The van der Waals surface area contributed by atoms with Crippen LogP contribution in [0.2, 0.25) is 0 Å². The minimum Gasteiger partial charge on any atom is -0.207 e. The van der Waals surface area contributed by atoms with E-state index < -0.39 is 0 Å². The number of benzene rings is 1. The van der Waals surface area contributed by atoms with Crippen molar-refractivity contribution in [1.82, 2.24) is 0 Å². The fourth-order valence-electron chi connectivity index (χ4n) is 0.939. The second-order valence-corrected chi connectivity index (χ2v) is 2.45. The lowest BCUT2D eigenvalue weighted by atomic mass is 10.1. The van der Waals surface area contributed by atoms with Crippen molar-refractivity contribution in [3.63, 3.8) is 0 Å². The minimum absolute atomic E-state index is 0.0810. The summed E-state index contributed by atoms with van der Waals surface area (Å²) < 4.78 is 12.9. The van der Waals surface area contributed by atoms with E-state index >= 15 is 0 Å². The molecular formula is C9H11F. The molecule has 0 aliphatic heterocycles. The molecule has 0 unspecified atom stereocenters. The van der Waals surface area contributed by atoms with Gasteiger partial charge in [-0.15, -0.1) is 0 Å². The zero-order valence-corrected chi connectivity index (χ0v) is 6.32. The van der Waals surface area contributed by atoms with Gasteiger partial charge in [0.05, 0.1) is 0 Å². The molecule has 0 radical (unpaired) electrons.